The zero-order valence-corrected chi connectivity index (χ0v) is 7.65. The topological polar surface area (TPSA) is 12.0 Å². The van der Waals surface area contributed by atoms with Gasteiger partial charge in [-0.1, -0.05) is 24.8 Å². The lowest BCUT2D eigenvalue weighted by molar-refractivity contribution is 0.887. The van der Waals surface area contributed by atoms with Gasteiger partial charge in [0.05, 0.1) is 0 Å². The van der Waals surface area contributed by atoms with E-state index in [1.54, 1.807) is 0 Å². The minimum absolute atomic E-state index is 0.871. The lowest BCUT2D eigenvalue weighted by Crippen LogP contribution is -2.12. The van der Waals surface area contributed by atoms with Gasteiger partial charge in [-0.15, -0.1) is 0 Å². The molecule has 0 radical (unpaired) electrons. The summed E-state index contributed by atoms with van der Waals surface area (Å²) in [5.41, 5.74) is 2.30. The summed E-state index contributed by atoms with van der Waals surface area (Å²) >= 11 is 0. The number of allylic oxidation sites excluding steroid dienone is 3. The smallest absolute Gasteiger partial charge is 0.0394 e. The van der Waals surface area contributed by atoms with E-state index in [1.807, 2.05) is 26.8 Å². The molecule has 0 aliphatic rings. The second kappa shape index (κ2) is 5.78. The highest BCUT2D eigenvalue weighted by Gasteiger charge is 1.88. The molecular weight excluding hydrogens is 134 g/mol. The quantitative estimate of drug-likeness (QED) is 0.609. The molecular formula is C10H17N. The summed E-state index contributed by atoms with van der Waals surface area (Å²) in [4.78, 5) is 0. The molecule has 0 amide bonds. The van der Waals surface area contributed by atoms with Gasteiger partial charge in [0.25, 0.3) is 0 Å². The van der Waals surface area contributed by atoms with Crippen molar-refractivity contribution in [3.05, 3.63) is 36.1 Å². The summed E-state index contributed by atoms with van der Waals surface area (Å²) in [5, 5.41) is 3.17. The van der Waals surface area contributed by atoms with Crippen molar-refractivity contribution in [2.45, 2.75) is 20.8 Å². The summed E-state index contributed by atoms with van der Waals surface area (Å²) in [7, 11) is 0. The first-order chi connectivity index (χ1) is 5.20. The van der Waals surface area contributed by atoms with Crippen molar-refractivity contribution < 1.29 is 0 Å². The van der Waals surface area contributed by atoms with Crippen molar-refractivity contribution in [2.24, 2.45) is 0 Å². The van der Waals surface area contributed by atoms with Gasteiger partial charge >= 0.3 is 0 Å². The van der Waals surface area contributed by atoms with E-state index in [4.69, 9.17) is 0 Å². The highest BCUT2D eigenvalue weighted by molar-refractivity contribution is 5.19. The van der Waals surface area contributed by atoms with Crippen LogP contribution in [0.3, 0.4) is 0 Å². The average molecular weight is 151 g/mol. The summed E-state index contributed by atoms with van der Waals surface area (Å²) < 4.78 is 0. The number of nitrogens with one attached hydrogen (secondary N) is 1. The van der Waals surface area contributed by atoms with E-state index >= 15 is 0 Å². The molecule has 0 aromatic heterocycles. The van der Waals surface area contributed by atoms with Crippen LogP contribution in [0.5, 0.6) is 0 Å². The van der Waals surface area contributed by atoms with Gasteiger partial charge in [0.2, 0.25) is 0 Å². The molecule has 0 aliphatic carbocycles. The molecule has 0 rings (SSSR count). The Hall–Kier alpha value is -0.980. The van der Waals surface area contributed by atoms with E-state index < -0.39 is 0 Å². The lowest BCUT2D eigenvalue weighted by atomic mass is 10.2. The summed E-state index contributed by atoms with van der Waals surface area (Å²) in [5.74, 6) is 0. The lowest BCUT2D eigenvalue weighted by Gasteiger charge is -2.04. The van der Waals surface area contributed by atoms with Crippen molar-refractivity contribution in [2.75, 3.05) is 6.54 Å². The summed E-state index contributed by atoms with van der Waals surface area (Å²) in [6, 6.07) is 0. The predicted octanol–water partition coefficient (Wildman–Crippen LogP) is 2.63. The fraction of sp³-hybridized carbons (Fsp3) is 0.400. The van der Waals surface area contributed by atoms with Crippen LogP contribution in [0, 0.1) is 0 Å². The zero-order valence-electron chi connectivity index (χ0n) is 7.65. The molecule has 0 aromatic rings. The molecule has 1 heteroatoms. The molecule has 0 saturated carbocycles. The molecule has 1 nitrogen and oxygen atoms in total. The molecule has 0 heterocycles. The fourth-order valence-corrected chi connectivity index (χ4v) is 0.724. The van der Waals surface area contributed by atoms with Gasteiger partial charge in [0.15, 0.2) is 0 Å². The van der Waals surface area contributed by atoms with Crippen LogP contribution < -0.4 is 5.32 Å². The van der Waals surface area contributed by atoms with Gasteiger partial charge in [0.1, 0.15) is 0 Å². The Morgan fingerprint density at radius 3 is 2.45 bits per heavy atom. The Morgan fingerprint density at radius 1 is 1.45 bits per heavy atom. The first-order valence-corrected chi connectivity index (χ1v) is 3.88. The third kappa shape index (κ3) is 5.46. The van der Waals surface area contributed by atoms with Crippen molar-refractivity contribution in [1.29, 1.82) is 0 Å². The molecule has 62 valence electrons. The fourth-order valence-electron chi connectivity index (χ4n) is 0.724. The van der Waals surface area contributed by atoms with Crippen LogP contribution in [0.2, 0.25) is 0 Å². The predicted molar refractivity (Wildman–Crippen MR) is 51.4 cm³/mol. The van der Waals surface area contributed by atoms with E-state index in [2.05, 4.69) is 24.0 Å². The molecule has 0 bridgehead atoms. The Balaban J connectivity index is 3.81. The first kappa shape index (κ1) is 10.0. The molecule has 11 heavy (non-hydrogen) atoms. The second-order valence-corrected chi connectivity index (χ2v) is 2.50. The Bertz CT molecular complexity index is 175. The van der Waals surface area contributed by atoms with E-state index in [-0.39, 0.29) is 0 Å². The Morgan fingerprint density at radius 2 is 2.09 bits per heavy atom. The summed E-state index contributed by atoms with van der Waals surface area (Å²) in [6.45, 7) is 10.6. The number of rotatable bonds is 4. The van der Waals surface area contributed by atoms with Crippen LogP contribution in [0.4, 0.5) is 0 Å². The van der Waals surface area contributed by atoms with Gasteiger partial charge in [-0.25, -0.2) is 0 Å². The molecule has 1 N–H and O–H groups in total. The van der Waals surface area contributed by atoms with E-state index in [0.717, 1.165) is 12.2 Å². The molecule has 0 fully saturated rings. The Labute approximate surface area is 69.5 Å². The molecule has 0 unspecified atom stereocenters. The van der Waals surface area contributed by atoms with Crippen LogP contribution in [-0.2, 0) is 0 Å². The highest BCUT2D eigenvalue weighted by Crippen LogP contribution is 1.95. The Kier molecular flexibility index (Phi) is 5.26. The molecule has 0 atom stereocenters. The third-order valence-electron chi connectivity index (χ3n) is 1.35. The summed E-state index contributed by atoms with van der Waals surface area (Å²) in [6.07, 6.45) is 6.22. The average Bonchev–Trinajstić information content (AvgIpc) is 1.97. The SMILES string of the molecule is C=C(C)NCC(/C=C\C)=C/C. The van der Waals surface area contributed by atoms with E-state index in [9.17, 15) is 0 Å². The standard InChI is InChI=1S/C10H17N/c1-5-7-10(6-2)8-11-9(3)4/h5-7,11H,3,8H2,1-2,4H3/b7-5-,10-6+. The first-order valence-electron chi connectivity index (χ1n) is 3.88. The van der Waals surface area contributed by atoms with Crippen molar-refractivity contribution in [1.82, 2.24) is 5.32 Å². The van der Waals surface area contributed by atoms with Gasteiger partial charge < -0.3 is 5.32 Å². The van der Waals surface area contributed by atoms with Crippen LogP contribution in [-0.4, -0.2) is 6.54 Å². The van der Waals surface area contributed by atoms with Crippen LogP contribution >= 0.6 is 0 Å². The number of hydrogen-bond acceptors (Lipinski definition) is 1. The minimum atomic E-state index is 0.871. The normalized spacial score (nSPS) is 12.1. The molecule has 0 aliphatic heterocycles. The largest absolute Gasteiger partial charge is 0.385 e. The molecule has 0 spiro atoms. The van der Waals surface area contributed by atoms with E-state index in [1.165, 1.54) is 5.57 Å². The van der Waals surface area contributed by atoms with Gasteiger partial charge in [-0.2, -0.15) is 0 Å². The second-order valence-electron chi connectivity index (χ2n) is 2.50. The van der Waals surface area contributed by atoms with Crippen molar-refractivity contribution >= 4 is 0 Å². The van der Waals surface area contributed by atoms with Gasteiger partial charge in [-0.3, -0.25) is 0 Å². The highest BCUT2D eigenvalue weighted by atomic mass is 14.9. The van der Waals surface area contributed by atoms with Gasteiger partial charge in [0, 0.05) is 12.2 Å². The molecule has 0 aromatic carbocycles. The van der Waals surface area contributed by atoms with Crippen molar-refractivity contribution in [3.8, 4) is 0 Å². The van der Waals surface area contributed by atoms with E-state index in [0.29, 0.717) is 0 Å². The van der Waals surface area contributed by atoms with Crippen LogP contribution in [0.25, 0.3) is 0 Å². The third-order valence-corrected chi connectivity index (χ3v) is 1.35. The van der Waals surface area contributed by atoms with Gasteiger partial charge in [-0.05, 0) is 26.3 Å². The maximum absolute atomic E-state index is 3.76. The monoisotopic (exact) mass is 151 g/mol. The zero-order chi connectivity index (χ0) is 8.69. The van der Waals surface area contributed by atoms with Crippen LogP contribution in [0.1, 0.15) is 20.8 Å². The molecule has 0 saturated heterocycles. The maximum atomic E-state index is 3.76. The van der Waals surface area contributed by atoms with Crippen LogP contribution in [0.15, 0.2) is 36.1 Å². The number of hydrogen-bond donors (Lipinski definition) is 1. The van der Waals surface area contributed by atoms with Crippen molar-refractivity contribution in [3.63, 3.8) is 0 Å². The minimum Gasteiger partial charge on any atom is -0.385 e. The maximum Gasteiger partial charge on any atom is 0.0394 e.